The van der Waals surface area contributed by atoms with Gasteiger partial charge in [0.2, 0.25) is 5.89 Å². The molecule has 2 aromatic rings. The van der Waals surface area contributed by atoms with E-state index >= 15 is 0 Å². The smallest absolute Gasteiger partial charge is 0.335 e. The second-order valence-electron chi connectivity index (χ2n) is 8.23. The number of hydrogen-bond donors (Lipinski definition) is 2. The Balaban J connectivity index is 0.00000114. The Morgan fingerprint density at radius 3 is 2.59 bits per heavy atom. The van der Waals surface area contributed by atoms with Crippen LogP contribution in [0.2, 0.25) is 0 Å². The fraction of sp³-hybridized carbons (Fsp3) is 0.522. The number of hydrogen-bond acceptors (Lipinski definition) is 6. The second kappa shape index (κ2) is 11.7. The van der Waals surface area contributed by atoms with Crippen molar-refractivity contribution in [2.75, 3.05) is 6.61 Å². The van der Waals surface area contributed by atoms with Crippen LogP contribution in [0.4, 0.5) is 4.39 Å². The molecule has 0 spiro atoms. The van der Waals surface area contributed by atoms with E-state index in [1.807, 2.05) is 6.92 Å². The molecule has 1 aromatic heterocycles. The number of nitrogens with zero attached hydrogens (tertiary/aromatic N) is 1. The Hall–Kier alpha value is -2.78. The van der Waals surface area contributed by atoms with Gasteiger partial charge in [-0.05, 0) is 70.2 Å². The lowest BCUT2D eigenvalue weighted by molar-refractivity contribution is -0.163. The molecule has 176 valence electrons. The van der Waals surface area contributed by atoms with Crippen LogP contribution in [0.5, 0.6) is 0 Å². The van der Waals surface area contributed by atoms with Gasteiger partial charge >= 0.3 is 5.97 Å². The molecular formula is C23H30FNO7. The normalized spacial score (nSPS) is 18.5. The number of oxazole rings is 1. The van der Waals surface area contributed by atoms with Crippen molar-refractivity contribution in [3.05, 3.63) is 41.5 Å². The monoisotopic (exact) mass is 451 g/mol. The first-order valence-corrected chi connectivity index (χ1v) is 10.4. The molecule has 2 N–H and O–H groups in total. The number of aromatic nitrogens is 1. The first-order valence-electron chi connectivity index (χ1n) is 10.4. The fourth-order valence-electron chi connectivity index (χ4n) is 3.41. The van der Waals surface area contributed by atoms with Gasteiger partial charge in [0.1, 0.15) is 17.3 Å². The van der Waals surface area contributed by atoms with Crippen LogP contribution < -0.4 is 0 Å². The summed E-state index contributed by atoms with van der Waals surface area (Å²) in [5, 5.41) is 16.1. The third-order valence-corrected chi connectivity index (χ3v) is 5.37. The number of carboxylic acid groups (broad SMARTS) is 2. The van der Waals surface area contributed by atoms with Gasteiger partial charge in [0, 0.05) is 5.56 Å². The summed E-state index contributed by atoms with van der Waals surface area (Å²) in [6.45, 7) is 5.48. The van der Waals surface area contributed by atoms with Crippen LogP contribution >= 0.6 is 0 Å². The number of rotatable bonds is 8. The fourth-order valence-corrected chi connectivity index (χ4v) is 3.41. The third kappa shape index (κ3) is 7.42. The lowest BCUT2D eigenvalue weighted by Crippen LogP contribution is -2.37. The molecule has 2 unspecified atom stereocenters. The number of carbonyl (C=O) groups is 2. The van der Waals surface area contributed by atoms with Gasteiger partial charge in [-0.3, -0.25) is 4.79 Å². The Bertz CT molecular complexity index is 879. The van der Waals surface area contributed by atoms with E-state index in [1.54, 1.807) is 26.0 Å². The SMILES string of the molecule is Cc1oc(-c2ccc(F)cc2)nc1COC1CCCC(COC(C)(C)C(=O)O)C1.O=CO. The molecule has 2 atom stereocenters. The molecule has 1 fully saturated rings. The van der Waals surface area contributed by atoms with Gasteiger partial charge in [-0.2, -0.15) is 0 Å². The van der Waals surface area contributed by atoms with E-state index in [9.17, 15) is 14.3 Å². The summed E-state index contributed by atoms with van der Waals surface area (Å²) in [5.74, 6) is 0.151. The molecule has 0 radical (unpaired) electrons. The Labute approximate surface area is 186 Å². The number of carboxylic acids is 1. The molecule has 0 aliphatic heterocycles. The summed E-state index contributed by atoms with van der Waals surface area (Å²) >= 11 is 0. The first kappa shape index (κ1) is 25.5. The zero-order valence-electron chi connectivity index (χ0n) is 18.5. The minimum atomic E-state index is -1.18. The maximum atomic E-state index is 13.1. The number of aryl methyl sites for hydroxylation is 1. The van der Waals surface area contributed by atoms with Crippen molar-refractivity contribution in [2.24, 2.45) is 5.92 Å². The van der Waals surface area contributed by atoms with Crippen LogP contribution in [0.3, 0.4) is 0 Å². The maximum absolute atomic E-state index is 13.1. The molecule has 0 saturated heterocycles. The average Bonchev–Trinajstić information content (AvgIpc) is 3.13. The van der Waals surface area contributed by atoms with E-state index in [2.05, 4.69) is 4.98 Å². The molecule has 0 bridgehead atoms. The van der Waals surface area contributed by atoms with Gasteiger partial charge in [0.15, 0.2) is 5.60 Å². The summed E-state index contributed by atoms with van der Waals surface area (Å²) in [4.78, 5) is 24.0. The highest BCUT2D eigenvalue weighted by Crippen LogP contribution is 2.29. The average molecular weight is 451 g/mol. The minimum Gasteiger partial charge on any atom is -0.483 e. The lowest BCUT2D eigenvalue weighted by Gasteiger charge is -2.31. The summed E-state index contributed by atoms with van der Waals surface area (Å²) in [7, 11) is 0. The lowest BCUT2D eigenvalue weighted by atomic mass is 9.87. The van der Waals surface area contributed by atoms with Crippen molar-refractivity contribution >= 4 is 12.4 Å². The van der Waals surface area contributed by atoms with E-state index in [0.717, 1.165) is 36.9 Å². The predicted octanol–water partition coefficient (Wildman–Crippen LogP) is 4.45. The van der Waals surface area contributed by atoms with Crippen LogP contribution in [0.25, 0.3) is 11.5 Å². The van der Waals surface area contributed by atoms with E-state index in [1.165, 1.54) is 12.1 Å². The number of benzene rings is 1. The highest BCUT2D eigenvalue weighted by molar-refractivity contribution is 5.76. The molecular weight excluding hydrogens is 421 g/mol. The quantitative estimate of drug-likeness (QED) is 0.565. The summed E-state index contributed by atoms with van der Waals surface area (Å²) in [6, 6.07) is 6.02. The van der Waals surface area contributed by atoms with Gasteiger partial charge in [0.25, 0.3) is 6.47 Å². The van der Waals surface area contributed by atoms with Crippen molar-refractivity contribution in [3.63, 3.8) is 0 Å². The van der Waals surface area contributed by atoms with Crippen molar-refractivity contribution in [1.82, 2.24) is 4.98 Å². The molecule has 3 rings (SSSR count). The van der Waals surface area contributed by atoms with Crippen LogP contribution in [0.15, 0.2) is 28.7 Å². The van der Waals surface area contributed by atoms with Crippen molar-refractivity contribution in [3.8, 4) is 11.5 Å². The Morgan fingerprint density at radius 2 is 1.97 bits per heavy atom. The number of aliphatic carboxylic acids is 1. The van der Waals surface area contributed by atoms with Crippen molar-refractivity contribution in [1.29, 1.82) is 0 Å². The largest absolute Gasteiger partial charge is 0.483 e. The summed E-state index contributed by atoms with van der Waals surface area (Å²) in [5.41, 5.74) is 0.272. The van der Waals surface area contributed by atoms with Crippen LogP contribution in [0, 0.1) is 18.7 Å². The van der Waals surface area contributed by atoms with E-state index in [4.69, 9.17) is 23.8 Å². The van der Waals surface area contributed by atoms with Crippen molar-refractivity contribution in [2.45, 2.75) is 64.8 Å². The van der Waals surface area contributed by atoms with Gasteiger partial charge < -0.3 is 24.1 Å². The highest BCUT2D eigenvalue weighted by Gasteiger charge is 2.31. The van der Waals surface area contributed by atoms with Gasteiger partial charge in [-0.25, -0.2) is 14.2 Å². The molecule has 1 heterocycles. The number of ether oxygens (including phenoxy) is 2. The van der Waals surface area contributed by atoms with Gasteiger partial charge in [0.05, 0.1) is 19.3 Å². The number of halogens is 1. The standard InChI is InChI=1S/C22H28FNO5.CH2O2/c1-14-19(24-20(29-14)16-7-9-17(23)10-8-16)13-27-18-6-4-5-15(11-18)12-28-22(2,3)21(25)26;2-1-3/h7-10,15,18H,4-6,11-13H2,1-3H3,(H,25,26);1H,(H,2,3). The predicted molar refractivity (Wildman–Crippen MR) is 114 cm³/mol. The summed E-state index contributed by atoms with van der Waals surface area (Å²) in [6.07, 6.45) is 3.89. The van der Waals surface area contributed by atoms with E-state index in [0.29, 0.717) is 24.9 Å². The van der Waals surface area contributed by atoms with Gasteiger partial charge in [-0.15, -0.1) is 0 Å². The molecule has 0 amide bonds. The van der Waals surface area contributed by atoms with Crippen LogP contribution in [-0.4, -0.2) is 46.0 Å². The molecule has 1 aromatic carbocycles. The molecule has 1 aliphatic rings. The molecule has 1 saturated carbocycles. The molecule has 1 aliphatic carbocycles. The topological polar surface area (TPSA) is 119 Å². The first-order chi connectivity index (χ1) is 15.2. The third-order valence-electron chi connectivity index (χ3n) is 5.37. The minimum absolute atomic E-state index is 0.0793. The maximum Gasteiger partial charge on any atom is 0.335 e. The second-order valence-corrected chi connectivity index (χ2v) is 8.23. The van der Waals surface area contributed by atoms with Gasteiger partial charge in [-0.1, -0.05) is 6.42 Å². The molecule has 9 heteroatoms. The van der Waals surface area contributed by atoms with Crippen LogP contribution in [0.1, 0.15) is 51.0 Å². The molecule has 8 nitrogen and oxygen atoms in total. The van der Waals surface area contributed by atoms with Crippen molar-refractivity contribution < 1.29 is 38.1 Å². The Morgan fingerprint density at radius 1 is 1.31 bits per heavy atom. The van der Waals surface area contributed by atoms with Crippen LogP contribution in [-0.2, 0) is 25.7 Å². The summed E-state index contributed by atoms with van der Waals surface area (Å²) < 4.78 is 30.5. The zero-order chi connectivity index (χ0) is 23.7. The van der Waals surface area contributed by atoms with E-state index < -0.39 is 11.6 Å². The highest BCUT2D eigenvalue weighted by atomic mass is 19.1. The Kier molecular flexibility index (Phi) is 9.34. The van der Waals surface area contributed by atoms with E-state index in [-0.39, 0.29) is 24.3 Å². The molecule has 32 heavy (non-hydrogen) atoms. The zero-order valence-corrected chi connectivity index (χ0v) is 18.5.